The molecule has 0 aromatic heterocycles. The van der Waals surface area contributed by atoms with E-state index in [2.05, 4.69) is 10.5 Å². The van der Waals surface area contributed by atoms with E-state index in [4.69, 9.17) is 4.74 Å². The van der Waals surface area contributed by atoms with Crippen LogP contribution in [0.15, 0.2) is 84.0 Å². The maximum Gasteiger partial charge on any atom is 0.271 e. The number of hydrogen-bond acceptors (Lipinski definition) is 5. The molecule has 0 aliphatic rings. The summed E-state index contributed by atoms with van der Waals surface area (Å²) in [6, 6.07) is 22.9. The van der Waals surface area contributed by atoms with E-state index >= 15 is 0 Å². The molecule has 1 N–H and O–H groups in total. The van der Waals surface area contributed by atoms with Crippen molar-refractivity contribution in [1.82, 2.24) is 5.43 Å². The van der Waals surface area contributed by atoms with Crippen LogP contribution in [0.2, 0.25) is 0 Å². The average Bonchev–Trinajstić information content (AvgIpc) is 2.77. The zero-order chi connectivity index (χ0) is 22.3. The number of anilines is 1. The molecule has 8 heteroatoms. The average molecular weight is 438 g/mol. The van der Waals surface area contributed by atoms with Crippen LogP contribution in [0.25, 0.3) is 0 Å². The third kappa shape index (κ3) is 6.16. The van der Waals surface area contributed by atoms with Crippen molar-refractivity contribution in [3.8, 4) is 5.75 Å². The Hall–Kier alpha value is -3.65. The van der Waals surface area contributed by atoms with Gasteiger partial charge in [-0.25, -0.2) is 13.8 Å². The van der Waals surface area contributed by atoms with Gasteiger partial charge in [-0.05, 0) is 47.5 Å². The summed E-state index contributed by atoms with van der Waals surface area (Å²) in [5.41, 5.74) is 4.94. The summed E-state index contributed by atoms with van der Waals surface area (Å²) in [5, 5.41) is 3.96. The van der Waals surface area contributed by atoms with Crippen molar-refractivity contribution < 1.29 is 17.9 Å². The maximum absolute atomic E-state index is 12.3. The molecule has 0 aliphatic heterocycles. The standard InChI is InChI=1S/C23H23N3O4S/c1-30-22-10-6-9-19(15-22)16-24-25-23(27)20-11-13-21(14-12-20)26(31(2,28)29)17-18-7-4-3-5-8-18/h3-16H,17H2,1-2H3,(H,25,27)/b24-16-. The van der Waals surface area contributed by atoms with Crippen LogP contribution in [0.1, 0.15) is 21.5 Å². The number of amides is 1. The van der Waals surface area contributed by atoms with Crippen LogP contribution in [0.4, 0.5) is 5.69 Å². The molecule has 0 saturated heterocycles. The number of nitrogens with one attached hydrogen (secondary N) is 1. The molecule has 0 spiro atoms. The molecule has 7 nitrogen and oxygen atoms in total. The highest BCUT2D eigenvalue weighted by Crippen LogP contribution is 2.21. The van der Waals surface area contributed by atoms with E-state index in [0.29, 0.717) is 17.0 Å². The van der Waals surface area contributed by atoms with Crippen LogP contribution in [0.3, 0.4) is 0 Å². The van der Waals surface area contributed by atoms with E-state index in [1.54, 1.807) is 37.4 Å². The third-order valence-corrected chi connectivity index (χ3v) is 5.60. The third-order valence-electron chi connectivity index (χ3n) is 4.46. The Morgan fingerprint density at radius 3 is 2.39 bits per heavy atom. The first-order chi connectivity index (χ1) is 14.9. The van der Waals surface area contributed by atoms with Gasteiger partial charge in [-0.15, -0.1) is 0 Å². The summed E-state index contributed by atoms with van der Waals surface area (Å²) in [4.78, 5) is 12.3. The van der Waals surface area contributed by atoms with Gasteiger partial charge in [-0.3, -0.25) is 9.10 Å². The molecule has 0 fully saturated rings. The van der Waals surface area contributed by atoms with Gasteiger partial charge in [0, 0.05) is 5.56 Å². The molecule has 0 saturated carbocycles. The molecule has 0 heterocycles. The number of rotatable bonds is 8. The summed E-state index contributed by atoms with van der Waals surface area (Å²) in [6.07, 6.45) is 2.67. The van der Waals surface area contributed by atoms with Crippen LogP contribution in [0, 0.1) is 0 Å². The summed E-state index contributed by atoms with van der Waals surface area (Å²) in [6.45, 7) is 0.204. The molecule has 0 unspecified atom stereocenters. The van der Waals surface area contributed by atoms with E-state index in [9.17, 15) is 13.2 Å². The van der Waals surface area contributed by atoms with Crippen molar-refractivity contribution in [3.63, 3.8) is 0 Å². The summed E-state index contributed by atoms with van der Waals surface area (Å²) >= 11 is 0. The fourth-order valence-electron chi connectivity index (χ4n) is 2.88. The lowest BCUT2D eigenvalue weighted by Gasteiger charge is -2.22. The lowest BCUT2D eigenvalue weighted by Crippen LogP contribution is -2.29. The minimum atomic E-state index is -3.50. The lowest BCUT2D eigenvalue weighted by molar-refractivity contribution is 0.0955. The van der Waals surface area contributed by atoms with Crippen molar-refractivity contribution in [2.45, 2.75) is 6.54 Å². The van der Waals surface area contributed by atoms with E-state index in [1.807, 2.05) is 48.5 Å². The molecule has 3 rings (SSSR count). The SMILES string of the molecule is COc1cccc(/C=N\NC(=O)c2ccc(N(Cc3ccccc3)S(C)(=O)=O)cc2)c1. The van der Waals surface area contributed by atoms with Crippen LogP contribution in [0.5, 0.6) is 5.75 Å². The highest BCUT2D eigenvalue weighted by molar-refractivity contribution is 7.92. The first-order valence-corrected chi connectivity index (χ1v) is 11.3. The number of hydrazone groups is 1. The quantitative estimate of drug-likeness (QED) is 0.432. The van der Waals surface area contributed by atoms with Crippen LogP contribution >= 0.6 is 0 Å². The van der Waals surface area contributed by atoms with E-state index < -0.39 is 15.9 Å². The van der Waals surface area contributed by atoms with Crippen LogP contribution < -0.4 is 14.5 Å². The number of methoxy groups -OCH3 is 1. The predicted octanol–water partition coefficient (Wildman–Crippen LogP) is 3.43. The zero-order valence-corrected chi connectivity index (χ0v) is 18.0. The number of ether oxygens (including phenoxy) is 1. The second-order valence-corrected chi connectivity index (χ2v) is 8.68. The number of carbonyl (C=O) groups is 1. The predicted molar refractivity (Wildman–Crippen MR) is 122 cm³/mol. The summed E-state index contributed by atoms with van der Waals surface area (Å²) in [7, 11) is -1.92. The van der Waals surface area contributed by atoms with Gasteiger partial charge in [0.1, 0.15) is 5.75 Å². The molecule has 3 aromatic rings. The highest BCUT2D eigenvalue weighted by atomic mass is 32.2. The van der Waals surface area contributed by atoms with Gasteiger partial charge in [-0.1, -0.05) is 42.5 Å². The van der Waals surface area contributed by atoms with Crippen LogP contribution in [-0.4, -0.2) is 33.9 Å². The van der Waals surface area contributed by atoms with Crippen molar-refractivity contribution in [1.29, 1.82) is 0 Å². The molecule has 1 amide bonds. The molecule has 31 heavy (non-hydrogen) atoms. The maximum atomic E-state index is 12.3. The van der Waals surface area contributed by atoms with Gasteiger partial charge in [0.2, 0.25) is 10.0 Å². The Morgan fingerprint density at radius 2 is 1.74 bits per heavy atom. The normalized spacial score (nSPS) is 11.3. The fraction of sp³-hybridized carbons (Fsp3) is 0.130. The number of sulfonamides is 1. The highest BCUT2D eigenvalue weighted by Gasteiger charge is 2.18. The molecule has 0 atom stereocenters. The Kier molecular flexibility index (Phi) is 7.04. The Balaban J connectivity index is 1.70. The largest absolute Gasteiger partial charge is 0.497 e. The number of hydrogen-bond donors (Lipinski definition) is 1. The van der Waals surface area contributed by atoms with Crippen molar-refractivity contribution in [2.75, 3.05) is 17.7 Å². The Bertz CT molecular complexity index is 1160. The van der Waals surface area contributed by atoms with E-state index in [1.165, 1.54) is 10.5 Å². The topological polar surface area (TPSA) is 88.1 Å². The van der Waals surface area contributed by atoms with Gasteiger partial charge in [0.15, 0.2) is 0 Å². The van der Waals surface area contributed by atoms with Gasteiger partial charge < -0.3 is 4.74 Å². The summed E-state index contributed by atoms with van der Waals surface area (Å²) in [5.74, 6) is 0.288. The number of carbonyl (C=O) groups excluding carboxylic acids is 1. The van der Waals surface area contributed by atoms with Crippen molar-refractivity contribution in [3.05, 3.63) is 95.6 Å². The summed E-state index contributed by atoms with van der Waals surface area (Å²) < 4.78 is 31.0. The molecule has 3 aromatic carbocycles. The molecule has 0 radical (unpaired) electrons. The molecule has 160 valence electrons. The van der Waals surface area contributed by atoms with Gasteiger partial charge >= 0.3 is 0 Å². The Morgan fingerprint density at radius 1 is 1.03 bits per heavy atom. The molecule has 0 aliphatic carbocycles. The second kappa shape index (κ2) is 9.90. The lowest BCUT2D eigenvalue weighted by atomic mass is 10.2. The molecular formula is C23H23N3O4S. The van der Waals surface area contributed by atoms with Crippen LogP contribution in [-0.2, 0) is 16.6 Å². The minimum absolute atomic E-state index is 0.204. The van der Waals surface area contributed by atoms with Crippen molar-refractivity contribution >= 4 is 27.8 Å². The Labute approximate surface area is 182 Å². The van der Waals surface area contributed by atoms with Gasteiger partial charge in [0.05, 0.1) is 31.8 Å². The second-order valence-electron chi connectivity index (χ2n) is 6.78. The van der Waals surface area contributed by atoms with E-state index in [0.717, 1.165) is 17.4 Å². The fourth-order valence-corrected chi connectivity index (χ4v) is 3.77. The minimum Gasteiger partial charge on any atom is -0.497 e. The van der Waals surface area contributed by atoms with Gasteiger partial charge in [-0.2, -0.15) is 5.10 Å². The van der Waals surface area contributed by atoms with Crippen molar-refractivity contribution in [2.24, 2.45) is 5.10 Å². The monoisotopic (exact) mass is 437 g/mol. The first kappa shape index (κ1) is 22.0. The smallest absolute Gasteiger partial charge is 0.271 e. The first-order valence-electron chi connectivity index (χ1n) is 9.46. The molecular weight excluding hydrogens is 414 g/mol. The van der Waals surface area contributed by atoms with Gasteiger partial charge in [0.25, 0.3) is 5.91 Å². The zero-order valence-electron chi connectivity index (χ0n) is 17.2. The number of benzene rings is 3. The molecule has 0 bridgehead atoms. The van der Waals surface area contributed by atoms with E-state index in [-0.39, 0.29) is 6.54 Å². The number of nitrogens with zero attached hydrogens (tertiary/aromatic N) is 2.